The highest BCUT2D eigenvalue weighted by molar-refractivity contribution is 6.30. The van der Waals surface area contributed by atoms with E-state index in [9.17, 15) is 4.79 Å². The molecule has 5 nitrogen and oxygen atoms in total. The fourth-order valence-electron chi connectivity index (χ4n) is 1.65. The zero-order valence-electron chi connectivity index (χ0n) is 13.2. The molecular weight excluding hydrogens is 292 g/mol. The molecule has 0 aliphatic heterocycles. The Kier molecular flexibility index (Phi) is 6.78. The average molecular weight is 315 g/mol. The summed E-state index contributed by atoms with van der Waals surface area (Å²) in [5, 5.41) is 3.87. The van der Waals surface area contributed by atoms with Crippen LogP contribution in [0.3, 0.4) is 0 Å². The van der Waals surface area contributed by atoms with Crippen LogP contribution >= 0.6 is 11.6 Å². The molecule has 0 unspecified atom stereocenters. The normalized spacial score (nSPS) is 10.6. The van der Waals surface area contributed by atoms with Crippen molar-refractivity contribution in [1.82, 2.24) is 10.2 Å². The highest BCUT2D eigenvalue weighted by Crippen LogP contribution is 2.34. The number of ether oxygens (including phenoxy) is 2. The number of rotatable bonds is 7. The molecule has 1 aromatic carbocycles. The van der Waals surface area contributed by atoms with E-state index >= 15 is 0 Å². The average Bonchev–Trinajstić information content (AvgIpc) is 2.42. The van der Waals surface area contributed by atoms with E-state index < -0.39 is 0 Å². The lowest BCUT2D eigenvalue weighted by Gasteiger charge is -2.18. The van der Waals surface area contributed by atoms with Gasteiger partial charge in [0, 0.05) is 43.3 Å². The number of benzene rings is 1. The van der Waals surface area contributed by atoms with Crippen molar-refractivity contribution in [1.29, 1.82) is 0 Å². The summed E-state index contributed by atoms with van der Waals surface area (Å²) in [6.07, 6.45) is 0. The van der Waals surface area contributed by atoms with Crippen LogP contribution in [0.1, 0.15) is 19.4 Å². The topological polar surface area (TPSA) is 50.8 Å². The van der Waals surface area contributed by atoms with Gasteiger partial charge in [-0.2, -0.15) is 0 Å². The molecule has 1 rings (SSSR count). The summed E-state index contributed by atoms with van der Waals surface area (Å²) in [5.74, 6) is 0.953. The van der Waals surface area contributed by atoms with E-state index in [1.165, 1.54) is 4.90 Å². The van der Waals surface area contributed by atoms with Crippen LogP contribution in [0.4, 0.5) is 0 Å². The van der Waals surface area contributed by atoms with Gasteiger partial charge in [-0.1, -0.05) is 25.4 Å². The summed E-state index contributed by atoms with van der Waals surface area (Å²) in [5.41, 5.74) is 0.861. The van der Waals surface area contributed by atoms with Gasteiger partial charge in [0.25, 0.3) is 5.91 Å². The van der Waals surface area contributed by atoms with E-state index in [0.29, 0.717) is 29.1 Å². The molecule has 0 heterocycles. The van der Waals surface area contributed by atoms with Gasteiger partial charge in [-0.05, 0) is 6.07 Å². The Bertz CT molecular complexity index is 490. The van der Waals surface area contributed by atoms with Crippen LogP contribution < -0.4 is 14.8 Å². The van der Waals surface area contributed by atoms with Crippen molar-refractivity contribution in [3.8, 4) is 11.5 Å². The maximum absolute atomic E-state index is 11.7. The molecule has 21 heavy (non-hydrogen) atoms. The summed E-state index contributed by atoms with van der Waals surface area (Å²) in [6.45, 7) is 4.65. The molecular formula is C15H23ClN2O3. The third-order valence-corrected chi connectivity index (χ3v) is 3.07. The zero-order chi connectivity index (χ0) is 16.0. The second-order valence-corrected chi connectivity index (χ2v) is 5.65. The Morgan fingerprint density at radius 1 is 1.38 bits per heavy atom. The lowest BCUT2D eigenvalue weighted by atomic mass is 10.1. The van der Waals surface area contributed by atoms with E-state index in [4.69, 9.17) is 21.1 Å². The molecule has 0 radical (unpaired) electrons. The number of likely N-dealkylation sites (N-methyl/N-ethyl adjacent to an activating group) is 1. The molecule has 0 saturated heterocycles. The zero-order valence-corrected chi connectivity index (χ0v) is 14.0. The maximum Gasteiger partial charge on any atom is 0.259 e. The fraction of sp³-hybridized carbons (Fsp3) is 0.533. The van der Waals surface area contributed by atoms with Gasteiger partial charge in [0.2, 0.25) is 0 Å². The molecule has 0 aliphatic rings. The highest BCUT2D eigenvalue weighted by Gasteiger charge is 2.15. The van der Waals surface area contributed by atoms with Gasteiger partial charge >= 0.3 is 0 Å². The first-order valence-corrected chi connectivity index (χ1v) is 7.15. The first-order valence-electron chi connectivity index (χ1n) is 6.78. The van der Waals surface area contributed by atoms with Crippen molar-refractivity contribution in [2.75, 3.05) is 27.8 Å². The van der Waals surface area contributed by atoms with E-state index in [-0.39, 0.29) is 12.5 Å². The van der Waals surface area contributed by atoms with Crippen LogP contribution in [0.25, 0.3) is 0 Å². The predicted octanol–water partition coefficient (Wildman–Crippen LogP) is 2.31. The summed E-state index contributed by atoms with van der Waals surface area (Å²) >= 11 is 6.09. The van der Waals surface area contributed by atoms with Crippen molar-refractivity contribution < 1.29 is 14.3 Å². The Morgan fingerprint density at radius 3 is 2.57 bits per heavy atom. The quantitative estimate of drug-likeness (QED) is 0.839. The van der Waals surface area contributed by atoms with E-state index in [2.05, 4.69) is 19.2 Å². The number of nitrogens with one attached hydrogen (secondary N) is 1. The van der Waals surface area contributed by atoms with E-state index in [1.807, 2.05) is 6.07 Å². The number of nitrogens with zero attached hydrogens (tertiary/aromatic N) is 1. The second kappa shape index (κ2) is 8.10. The van der Waals surface area contributed by atoms with Crippen molar-refractivity contribution in [3.05, 3.63) is 22.7 Å². The Hall–Kier alpha value is -1.46. The first kappa shape index (κ1) is 17.6. The molecule has 1 amide bonds. The monoisotopic (exact) mass is 314 g/mol. The van der Waals surface area contributed by atoms with Crippen LogP contribution in [0.5, 0.6) is 11.5 Å². The molecule has 6 heteroatoms. The largest absolute Gasteiger partial charge is 0.493 e. The predicted molar refractivity (Wildman–Crippen MR) is 84.2 cm³/mol. The summed E-state index contributed by atoms with van der Waals surface area (Å²) in [4.78, 5) is 13.2. The van der Waals surface area contributed by atoms with Crippen molar-refractivity contribution in [2.45, 2.75) is 26.4 Å². The van der Waals surface area contributed by atoms with Gasteiger partial charge < -0.3 is 19.7 Å². The van der Waals surface area contributed by atoms with Gasteiger partial charge in [0.15, 0.2) is 18.1 Å². The number of amides is 1. The van der Waals surface area contributed by atoms with Crippen LogP contribution in [-0.4, -0.2) is 44.7 Å². The Morgan fingerprint density at radius 2 is 2.05 bits per heavy atom. The van der Waals surface area contributed by atoms with Gasteiger partial charge in [0.1, 0.15) is 0 Å². The second-order valence-electron chi connectivity index (χ2n) is 5.21. The summed E-state index contributed by atoms with van der Waals surface area (Å²) < 4.78 is 11.0. The van der Waals surface area contributed by atoms with Gasteiger partial charge in [-0.15, -0.1) is 0 Å². The number of halogens is 1. The molecule has 118 valence electrons. The lowest BCUT2D eigenvalue weighted by molar-refractivity contribution is -0.130. The van der Waals surface area contributed by atoms with Crippen LogP contribution in [0, 0.1) is 0 Å². The number of carbonyl (C=O) groups excluding carboxylic acids is 1. The standard InChI is InChI=1S/C15H23ClN2O3/c1-10(2)17-8-11-6-12(16)7-13(20-5)15(11)21-9-14(19)18(3)4/h6-7,10,17H,8-9H2,1-5H3. The number of hydrogen-bond acceptors (Lipinski definition) is 4. The number of hydrogen-bond donors (Lipinski definition) is 1. The van der Waals surface area contributed by atoms with Crippen LogP contribution in [-0.2, 0) is 11.3 Å². The SMILES string of the molecule is COc1cc(Cl)cc(CNC(C)C)c1OCC(=O)N(C)C. The van der Waals surface area contributed by atoms with Crippen LogP contribution in [0.15, 0.2) is 12.1 Å². The summed E-state index contributed by atoms with van der Waals surface area (Å²) in [6, 6.07) is 3.82. The highest BCUT2D eigenvalue weighted by atomic mass is 35.5. The number of carbonyl (C=O) groups is 1. The molecule has 0 spiro atoms. The molecule has 0 aliphatic carbocycles. The summed E-state index contributed by atoms with van der Waals surface area (Å²) in [7, 11) is 4.92. The lowest BCUT2D eigenvalue weighted by Crippen LogP contribution is -2.28. The Labute approximate surface area is 131 Å². The molecule has 0 fully saturated rings. The fourth-order valence-corrected chi connectivity index (χ4v) is 1.88. The first-order chi connectivity index (χ1) is 9.85. The van der Waals surface area contributed by atoms with Crippen molar-refractivity contribution in [3.63, 3.8) is 0 Å². The molecule has 0 bridgehead atoms. The van der Waals surface area contributed by atoms with Crippen molar-refractivity contribution in [2.24, 2.45) is 0 Å². The molecule has 0 aromatic heterocycles. The Balaban J connectivity index is 2.98. The van der Waals surface area contributed by atoms with Crippen LogP contribution in [0.2, 0.25) is 5.02 Å². The van der Waals surface area contributed by atoms with Gasteiger partial charge in [0.05, 0.1) is 7.11 Å². The smallest absolute Gasteiger partial charge is 0.259 e. The minimum atomic E-state index is -0.116. The maximum atomic E-state index is 11.7. The van der Waals surface area contributed by atoms with E-state index in [1.54, 1.807) is 27.3 Å². The number of methoxy groups -OCH3 is 1. The molecule has 0 saturated carbocycles. The van der Waals surface area contributed by atoms with Crippen molar-refractivity contribution >= 4 is 17.5 Å². The molecule has 0 atom stereocenters. The molecule has 1 aromatic rings. The third kappa shape index (κ3) is 5.44. The van der Waals surface area contributed by atoms with Gasteiger partial charge in [-0.3, -0.25) is 4.79 Å². The minimum absolute atomic E-state index is 0.0420. The minimum Gasteiger partial charge on any atom is -0.493 e. The van der Waals surface area contributed by atoms with E-state index in [0.717, 1.165) is 5.56 Å². The third-order valence-electron chi connectivity index (χ3n) is 2.86. The van der Waals surface area contributed by atoms with Gasteiger partial charge in [-0.25, -0.2) is 0 Å². The molecule has 1 N–H and O–H groups in total.